The lowest BCUT2D eigenvalue weighted by atomic mass is 10.1. The van der Waals surface area contributed by atoms with Crippen molar-refractivity contribution in [3.63, 3.8) is 0 Å². The molecule has 4 nitrogen and oxygen atoms in total. The SMILES string of the molecule is COc1ccc(N=c2cc(-c3ccccc3)oc3ccccc23)c(OC)c1. The molecule has 0 aliphatic rings. The summed E-state index contributed by atoms with van der Waals surface area (Å²) in [5.74, 6) is 2.14. The molecule has 4 heteroatoms. The number of nitrogens with zero attached hydrogens (tertiary/aromatic N) is 1. The van der Waals surface area contributed by atoms with Gasteiger partial charge in [0.1, 0.15) is 28.5 Å². The van der Waals surface area contributed by atoms with Crippen LogP contribution < -0.4 is 14.8 Å². The average Bonchev–Trinajstić information content (AvgIpc) is 2.74. The molecule has 0 saturated heterocycles. The number of methoxy groups -OCH3 is 2. The monoisotopic (exact) mass is 357 g/mol. The molecule has 0 fully saturated rings. The van der Waals surface area contributed by atoms with Crippen LogP contribution in [0.1, 0.15) is 0 Å². The molecule has 0 bridgehead atoms. The van der Waals surface area contributed by atoms with Gasteiger partial charge in [-0.25, -0.2) is 4.99 Å². The Bertz CT molecular complexity index is 1150. The normalized spacial score (nSPS) is 11.6. The topological polar surface area (TPSA) is 44.0 Å². The molecule has 0 amide bonds. The fourth-order valence-corrected chi connectivity index (χ4v) is 2.96. The van der Waals surface area contributed by atoms with Crippen molar-refractivity contribution in [1.29, 1.82) is 0 Å². The summed E-state index contributed by atoms with van der Waals surface area (Å²) >= 11 is 0. The first-order chi connectivity index (χ1) is 13.3. The highest BCUT2D eigenvalue weighted by Crippen LogP contribution is 2.31. The van der Waals surface area contributed by atoms with Crippen molar-refractivity contribution >= 4 is 16.7 Å². The summed E-state index contributed by atoms with van der Waals surface area (Å²) in [4.78, 5) is 4.86. The second-order valence-electron chi connectivity index (χ2n) is 6.01. The van der Waals surface area contributed by atoms with Crippen LogP contribution in [0.25, 0.3) is 22.3 Å². The zero-order chi connectivity index (χ0) is 18.6. The molecule has 0 aliphatic carbocycles. The summed E-state index contributed by atoms with van der Waals surface area (Å²) in [7, 11) is 3.26. The smallest absolute Gasteiger partial charge is 0.148 e. The Labute approximate surface area is 157 Å². The molecule has 1 heterocycles. The minimum atomic E-state index is 0.653. The van der Waals surface area contributed by atoms with Crippen molar-refractivity contribution in [1.82, 2.24) is 0 Å². The third kappa shape index (κ3) is 3.42. The minimum Gasteiger partial charge on any atom is -0.497 e. The van der Waals surface area contributed by atoms with Gasteiger partial charge in [0.05, 0.1) is 19.6 Å². The lowest BCUT2D eigenvalue weighted by molar-refractivity contribution is 0.395. The zero-order valence-electron chi connectivity index (χ0n) is 15.2. The summed E-state index contributed by atoms with van der Waals surface area (Å²) < 4.78 is 16.9. The average molecular weight is 357 g/mol. The van der Waals surface area contributed by atoms with Crippen molar-refractivity contribution in [2.75, 3.05) is 14.2 Å². The van der Waals surface area contributed by atoms with Gasteiger partial charge in [-0.05, 0) is 24.3 Å². The zero-order valence-corrected chi connectivity index (χ0v) is 15.2. The van der Waals surface area contributed by atoms with Crippen LogP contribution in [0.15, 0.2) is 88.3 Å². The van der Waals surface area contributed by atoms with Gasteiger partial charge in [-0.3, -0.25) is 0 Å². The van der Waals surface area contributed by atoms with Crippen LogP contribution in [0, 0.1) is 0 Å². The van der Waals surface area contributed by atoms with Crippen LogP contribution >= 0.6 is 0 Å². The Kier molecular flexibility index (Phi) is 4.62. The van der Waals surface area contributed by atoms with Gasteiger partial charge in [-0.1, -0.05) is 42.5 Å². The molecule has 0 saturated carbocycles. The molecule has 27 heavy (non-hydrogen) atoms. The number of benzene rings is 3. The van der Waals surface area contributed by atoms with E-state index in [0.717, 1.165) is 39.1 Å². The van der Waals surface area contributed by atoms with E-state index in [1.165, 1.54) is 0 Å². The van der Waals surface area contributed by atoms with E-state index in [0.29, 0.717) is 5.75 Å². The summed E-state index contributed by atoms with van der Waals surface area (Å²) in [6, 6.07) is 25.4. The molecule has 0 aliphatic heterocycles. The second-order valence-corrected chi connectivity index (χ2v) is 6.01. The molecule has 3 aromatic carbocycles. The maximum absolute atomic E-state index is 6.11. The first-order valence-electron chi connectivity index (χ1n) is 8.63. The lowest BCUT2D eigenvalue weighted by Gasteiger charge is -2.08. The third-order valence-electron chi connectivity index (χ3n) is 4.34. The van der Waals surface area contributed by atoms with Gasteiger partial charge in [0, 0.05) is 23.1 Å². The molecule has 1 aromatic heterocycles. The highest BCUT2D eigenvalue weighted by atomic mass is 16.5. The largest absolute Gasteiger partial charge is 0.497 e. The molecule has 0 radical (unpaired) electrons. The van der Waals surface area contributed by atoms with Gasteiger partial charge in [-0.2, -0.15) is 0 Å². The number of hydrogen-bond acceptors (Lipinski definition) is 4. The first-order valence-corrected chi connectivity index (χ1v) is 8.63. The molecule has 134 valence electrons. The van der Waals surface area contributed by atoms with E-state index >= 15 is 0 Å². The Morgan fingerprint density at radius 2 is 1.56 bits per heavy atom. The molecular formula is C23H19NO3. The fraction of sp³-hybridized carbons (Fsp3) is 0.0870. The van der Waals surface area contributed by atoms with E-state index in [9.17, 15) is 0 Å². The highest BCUT2D eigenvalue weighted by Gasteiger charge is 2.08. The van der Waals surface area contributed by atoms with Crippen LogP contribution in [0.2, 0.25) is 0 Å². The summed E-state index contributed by atoms with van der Waals surface area (Å²) in [5, 5.41) is 1.76. The van der Waals surface area contributed by atoms with E-state index < -0.39 is 0 Å². The van der Waals surface area contributed by atoms with Crippen LogP contribution in [0.5, 0.6) is 11.5 Å². The summed E-state index contributed by atoms with van der Waals surface area (Å²) in [6.45, 7) is 0. The van der Waals surface area contributed by atoms with Crippen molar-refractivity contribution in [2.24, 2.45) is 4.99 Å². The van der Waals surface area contributed by atoms with Crippen LogP contribution in [-0.4, -0.2) is 14.2 Å². The summed E-state index contributed by atoms with van der Waals surface area (Å²) in [6.07, 6.45) is 0. The van der Waals surface area contributed by atoms with E-state index in [1.54, 1.807) is 14.2 Å². The van der Waals surface area contributed by atoms with Gasteiger partial charge < -0.3 is 13.9 Å². The molecule has 4 rings (SSSR count). The predicted molar refractivity (Wildman–Crippen MR) is 106 cm³/mol. The van der Waals surface area contributed by atoms with Crippen molar-refractivity contribution < 1.29 is 13.9 Å². The summed E-state index contributed by atoms with van der Waals surface area (Å²) in [5.41, 5.74) is 2.51. The third-order valence-corrected chi connectivity index (χ3v) is 4.34. The van der Waals surface area contributed by atoms with Gasteiger partial charge in [0.2, 0.25) is 0 Å². The molecule has 4 aromatic rings. The van der Waals surface area contributed by atoms with Crippen LogP contribution in [-0.2, 0) is 0 Å². The van der Waals surface area contributed by atoms with Crippen LogP contribution in [0.3, 0.4) is 0 Å². The van der Waals surface area contributed by atoms with Gasteiger partial charge in [0.25, 0.3) is 0 Å². The number of rotatable bonds is 4. The second kappa shape index (κ2) is 7.38. The Balaban J connectivity index is 1.97. The van der Waals surface area contributed by atoms with Crippen molar-refractivity contribution in [3.8, 4) is 22.8 Å². The predicted octanol–water partition coefficient (Wildman–Crippen LogP) is 5.35. The van der Waals surface area contributed by atoms with Crippen LogP contribution in [0.4, 0.5) is 5.69 Å². The molecule has 0 atom stereocenters. The number of para-hydroxylation sites is 1. The Hall–Kier alpha value is -3.53. The van der Waals surface area contributed by atoms with E-state index in [2.05, 4.69) is 0 Å². The van der Waals surface area contributed by atoms with E-state index in [-0.39, 0.29) is 0 Å². The van der Waals surface area contributed by atoms with E-state index in [4.69, 9.17) is 18.9 Å². The maximum Gasteiger partial charge on any atom is 0.148 e. The Morgan fingerprint density at radius 3 is 2.33 bits per heavy atom. The standard InChI is InChI=1S/C23H19NO3/c1-25-17-12-13-19(23(14-17)26-2)24-20-15-22(16-8-4-3-5-9-16)27-21-11-7-6-10-18(20)21/h3-15H,1-2H3. The Morgan fingerprint density at radius 1 is 0.778 bits per heavy atom. The quantitative estimate of drug-likeness (QED) is 0.494. The fourth-order valence-electron chi connectivity index (χ4n) is 2.96. The molecular weight excluding hydrogens is 338 g/mol. The maximum atomic E-state index is 6.11. The van der Waals surface area contributed by atoms with Crippen molar-refractivity contribution in [3.05, 3.63) is 84.2 Å². The minimum absolute atomic E-state index is 0.653. The van der Waals surface area contributed by atoms with Gasteiger partial charge >= 0.3 is 0 Å². The molecule has 0 spiro atoms. The molecule has 0 N–H and O–H groups in total. The van der Waals surface area contributed by atoms with Gasteiger partial charge in [-0.15, -0.1) is 0 Å². The number of hydrogen-bond donors (Lipinski definition) is 0. The molecule has 0 unspecified atom stereocenters. The number of ether oxygens (including phenoxy) is 2. The van der Waals surface area contributed by atoms with E-state index in [1.807, 2.05) is 78.9 Å². The number of fused-ring (bicyclic) bond motifs is 1. The highest BCUT2D eigenvalue weighted by molar-refractivity contribution is 5.78. The lowest BCUT2D eigenvalue weighted by Crippen LogP contribution is -2.03. The van der Waals surface area contributed by atoms with Crippen molar-refractivity contribution in [2.45, 2.75) is 0 Å². The van der Waals surface area contributed by atoms with Gasteiger partial charge in [0.15, 0.2) is 0 Å². The first kappa shape index (κ1) is 16.9.